The molecule has 0 bridgehead atoms. The SMILES string of the molecule is CN(C)CCCC(=O)Nc1cc(Cl)ccc1N. The zero-order valence-corrected chi connectivity index (χ0v) is 10.9. The third-order valence-corrected chi connectivity index (χ3v) is 2.53. The second kappa shape index (κ2) is 6.47. The van der Waals surface area contributed by atoms with E-state index in [0.29, 0.717) is 22.8 Å². The van der Waals surface area contributed by atoms with Gasteiger partial charge in [0.25, 0.3) is 0 Å². The molecule has 0 aliphatic rings. The number of halogens is 1. The van der Waals surface area contributed by atoms with Gasteiger partial charge in [-0.05, 0) is 45.3 Å². The molecule has 1 rings (SSSR count). The van der Waals surface area contributed by atoms with Crippen molar-refractivity contribution in [2.75, 3.05) is 31.7 Å². The summed E-state index contributed by atoms with van der Waals surface area (Å²) >= 11 is 5.83. The minimum atomic E-state index is -0.0409. The zero-order valence-electron chi connectivity index (χ0n) is 10.2. The van der Waals surface area contributed by atoms with E-state index in [-0.39, 0.29) is 5.91 Å². The molecule has 0 radical (unpaired) electrons. The fourth-order valence-electron chi connectivity index (χ4n) is 1.41. The van der Waals surface area contributed by atoms with E-state index >= 15 is 0 Å². The van der Waals surface area contributed by atoms with Crippen molar-refractivity contribution in [1.29, 1.82) is 0 Å². The van der Waals surface area contributed by atoms with Crippen molar-refractivity contribution in [2.45, 2.75) is 12.8 Å². The average molecular weight is 256 g/mol. The molecule has 0 fully saturated rings. The van der Waals surface area contributed by atoms with Gasteiger partial charge in [-0.2, -0.15) is 0 Å². The van der Waals surface area contributed by atoms with E-state index < -0.39 is 0 Å². The Bertz CT molecular complexity index is 393. The summed E-state index contributed by atoms with van der Waals surface area (Å²) in [7, 11) is 3.96. The van der Waals surface area contributed by atoms with Crippen molar-refractivity contribution in [3.05, 3.63) is 23.2 Å². The number of nitrogens with zero attached hydrogens (tertiary/aromatic N) is 1. The summed E-state index contributed by atoms with van der Waals surface area (Å²) in [5.41, 5.74) is 6.83. The van der Waals surface area contributed by atoms with Crippen LogP contribution in [0.5, 0.6) is 0 Å². The van der Waals surface area contributed by atoms with Crippen LogP contribution in [0.15, 0.2) is 18.2 Å². The Morgan fingerprint density at radius 3 is 2.82 bits per heavy atom. The van der Waals surface area contributed by atoms with E-state index in [1.54, 1.807) is 18.2 Å². The number of carbonyl (C=O) groups is 1. The number of hydrogen-bond donors (Lipinski definition) is 2. The minimum absolute atomic E-state index is 0.0409. The van der Waals surface area contributed by atoms with Gasteiger partial charge in [-0.15, -0.1) is 0 Å². The van der Waals surface area contributed by atoms with Crippen molar-refractivity contribution in [2.24, 2.45) is 0 Å². The lowest BCUT2D eigenvalue weighted by atomic mass is 10.2. The van der Waals surface area contributed by atoms with Crippen LogP contribution in [0, 0.1) is 0 Å². The molecule has 0 saturated carbocycles. The van der Waals surface area contributed by atoms with Gasteiger partial charge in [-0.3, -0.25) is 4.79 Å². The predicted octanol–water partition coefficient (Wildman–Crippen LogP) is 2.20. The third-order valence-electron chi connectivity index (χ3n) is 2.30. The normalized spacial score (nSPS) is 10.6. The van der Waals surface area contributed by atoms with Gasteiger partial charge in [0.1, 0.15) is 0 Å². The lowest BCUT2D eigenvalue weighted by Crippen LogP contribution is -2.17. The lowest BCUT2D eigenvalue weighted by molar-refractivity contribution is -0.116. The molecule has 0 atom stereocenters. The lowest BCUT2D eigenvalue weighted by Gasteiger charge is -2.10. The third kappa shape index (κ3) is 5.06. The monoisotopic (exact) mass is 255 g/mol. The quantitative estimate of drug-likeness (QED) is 0.793. The van der Waals surface area contributed by atoms with E-state index in [0.717, 1.165) is 13.0 Å². The second-order valence-electron chi connectivity index (χ2n) is 4.19. The number of nitrogen functional groups attached to an aromatic ring is 1. The molecule has 0 aliphatic carbocycles. The number of benzene rings is 1. The van der Waals surface area contributed by atoms with Gasteiger partial charge in [0.05, 0.1) is 11.4 Å². The molecular formula is C12H18ClN3O. The summed E-state index contributed by atoms with van der Waals surface area (Å²) in [4.78, 5) is 13.7. The number of carbonyl (C=O) groups excluding carboxylic acids is 1. The van der Waals surface area contributed by atoms with E-state index in [1.807, 2.05) is 19.0 Å². The molecule has 0 heterocycles. The molecule has 3 N–H and O–H groups in total. The molecule has 1 aromatic carbocycles. The van der Waals surface area contributed by atoms with Crippen molar-refractivity contribution < 1.29 is 4.79 Å². The Morgan fingerprint density at radius 2 is 2.18 bits per heavy atom. The highest BCUT2D eigenvalue weighted by molar-refractivity contribution is 6.31. The van der Waals surface area contributed by atoms with Crippen LogP contribution < -0.4 is 11.1 Å². The number of nitrogens with two attached hydrogens (primary N) is 1. The van der Waals surface area contributed by atoms with Gasteiger partial charge < -0.3 is 16.0 Å². The van der Waals surface area contributed by atoms with Gasteiger partial charge in [0.2, 0.25) is 5.91 Å². The Morgan fingerprint density at radius 1 is 1.47 bits per heavy atom. The van der Waals surface area contributed by atoms with E-state index in [1.165, 1.54) is 0 Å². The zero-order chi connectivity index (χ0) is 12.8. The van der Waals surface area contributed by atoms with Gasteiger partial charge in [0.15, 0.2) is 0 Å². The highest BCUT2D eigenvalue weighted by Gasteiger charge is 2.06. The Balaban J connectivity index is 2.47. The fraction of sp³-hybridized carbons (Fsp3) is 0.417. The molecule has 4 nitrogen and oxygen atoms in total. The summed E-state index contributed by atoms with van der Waals surface area (Å²) in [5.74, 6) is -0.0409. The van der Waals surface area contributed by atoms with E-state index in [4.69, 9.17) is 17.3 Å². The van der Waals surface area contributed by atoms with Crippen LogP contribution in [0.3, 0.4) is 0 Å². The predicted molar refractivity (Wildman–Crippen MR) is 72.3 cm³/mol. The van der Waals surface area contributed by atoms with Gasteiger partial charge in [0, 0.05) is 11.4 Å². The molecule has 0 aliphatic heterocycles. The number of amides is 1. The molecule has 0 aromatic heterocycles. The van der Waals surface area contributed by atoms with E-state index in [2.05, 4.69) is 5.32 Å². The average Bonchev–Trinajstić information content (AvgIpc) is 2.23. The van der Waals surface area contributed by atoms with Crippen molar-refractivity contribution in [3.63, 3.8) is 0 Å². The molecule has 1 amide bonds. The van der Waals surface area contributed by atoms with Crippen LogP contribution in [0.4, 0.5) is 11.4 Å². The topological polar surface area (TPSA) is 58.4 Å². The Hall–Kier alpha value is -1.26. The standard InChI is InChI=1S/C12H18ClN3O/c1-16(2)7-3-4-12(17)15-11-8-9(13)5-6-10(11)14/h5-6,8H,3-4,7,14H2,1-2H3,(H,15,17). The first-order valence-corrected chi connectivity index (χ1v) is 5.86. The second-order valence-corrected chi connectivity index (χ2v) is 4.62. The number of nitrogens with one attached hydrogen (secondary N) is 1. The maximum atomic E-state index is 11.6. The van der Waals surface area contributed by atoms with Crippen LogP contribution in [0.2, 0.25) is 5.02 Å². The summed E-state index contributed by atoms with van der Waals surface area (Å²) in [6.07, 6.45) is 1.30. The van der Waals surface area contributed by atoms with Crippen molar-refractivity contribution in [1.82, 2.24) is 4.90 Å². The number of rotatable bonds is 5. The van der Waals surface area contributed by atoms with Crippen molar-refractivity contribution >= 4 is 28.9 Å². The minimum Gasteiger partial charge on any atom is -0.397 e. The van der Waals surface area contributed by atoms with Crippen LogP contribution in [-0.4, -0.2) is 31.4 Å². The van der Waals surface area contributed by atoms with Gasteiger partial charge >= 0.3 is 0 Å². The molecule has 94 valence electrons. The largest absolute Gasteiger partial charge is 0.397 e. The van der Waals surface area contributed by atoms with Gasteiger partial charge in [-0.25, -0.2) is 0 Å². The maximum absolute atomic E-state index is 11.6. The molecule has 0 spiro atoms. The fourth-order valence-corrected chi connectivity index (χ4v) is 1.58. The molecule has 1 aromatic rings. The molecule has 17 heavy (non-hydrogen) atoms. The Labute approximate surface area is 107 Å². The van der Waals surface area contributed by atoms with Crippen LogP contribution in [0.25, 0.3) is 0 Å². The van der Waals surface area contributed by atoms with Gasteiger partial charge in [-0.1, -0.05) is 11.6 Å². The summed E-state index contributed by atoms with van der Waals surface area (Å²) < 4.78 is 0. The smallest absolute Gasteiger partial charge is 0.224 e. The first-order chi connectivity index (χ1) is 7.99. The van der Waals surface area contributed by atoms with Crippen LogP contribution >= 0.6 is 11.6 Å². The van der Waals surface area contributed by atoms with Crippen LogP contribution in [-0.2, 0) is 4.79 Å². The number of anilines is 2. The van der Waals surface area contributed by atoms with Crippen LogP contribution in [0.1, 0.15) is 12.8 Å². The summed E-state index contributed by atoms with van der Waals surface area (Å²) in [6, 6.07) is 5.02. The van der Waals surface area contributed by atoms with E-state index in [9.17, 15) is 4.79 Å². The Kier molecular flexibility index (Phi) is 5.25. The highest BCUT2D eigenvalue weighted by atomic mass is 35.5. The molecule has 0 saturated heterocycles. The maximum Gasteiger partial charge on any atom is 0.224 e. The summed E-state index contributed by atoms with van der Waals surface area (Å²) in [6.45, 7) is 0.887. The highest BCUT2D eigenvalue weighted by Crippen LogP contribution is 2.22. The first-order valence-electron chi connectivity index (χ1n) is 5.48. The summed E-state index contributed by atoms with van der Waals surface area (Å²) in [5, 5.41) is 3.32. The number of hydrogen-bond acceptors (Lipinski definition) is 3. The van der Waals surface area contributed by atoms with Crippen molar-refractivity contribution in [3.8, 4) is 0 Å². The molecule has 5 heteroatoms. The molecular weight excluding hydrogens is 238 g/mol. The first kappa shape index (κ1) is 13.8. The molecule has 0 unspecified atom stereocenters.